The summed E-state index contributed by atoms with van der Waals surface area (Å²) >= 11 is 0. The van der Waals surface area contributed by atoms with E-state index in [2.05, 4.69) is 5.32 Å². The molecule has 1 atom stereocenters. The minimum atomic E-state index is -0.458. The van der Waals surface area contributed by atoms with Crippen LogP contribution in [0.2, 0.25) is 0 Å². The van der Waals surface area contributed by atoms with Crippen molar-refractivity contribution in [3.05, 3.63) is 29.8 Å². The summed E-state index contributed by atoms with van der Waals surface area (Å²) in [5.74, 6) is 0.922. The van der Waals surface area contributed by atoms with Crippen molar-refractivity contribution in [1.82, 2.24) is 10.2 Å². The van der Waals surface area contributed by atoms with Gasteiger partial charge in [0.1, 0.15) is 5.75 Å². The number of nitrogens with two attached hydrogens (primary N) is 1. The highest BCUT2D eigenvalue weighted by Gasteiger charge is 2.30. The van der Waals surface area contributed by atoms with Gasteiger partial charge >= 0.3 is 0 Å². The van der Waals surface area contributed by atoms with Crippen LogP contribution in [0.4, 0.5) is 0 Å². The average Bonchev–Trinajstić information content (AvgIpc) is 2.65. The Kier molecular flexibility index (Phi) is 6.82. The Morgan fingerprint density at radius 1 is 1.24 bits per heavy atom. The number of carbonyl (C=O) groups excluding carboxylic acids is 2. The average molecular weight is 347 g/mol. The topological polar surface area (TPSA) is 84.7 Å². The van der Waals surface area contributed by atoms with Crippen LogP contribution in [0.15, 0.2) is 24.3 Å². The molecule has 0 aliphatic carbocycles. The van der Waals surface area contributed by atoms with Crippen molar-refractivity contribution in [2.75, 3.05) is 20.2 Å². The van der Waals surface area contributed by atoms with Crippen LogP contribution in [0, 0.1) is 11.8 Å². The van der Waals surface area contributed by atoms with Gasteiger partial charge in [0.25, 0.3) is 0 Å². The zero-order valence-corrected chi connectivity index (χ0v) is 15.3. The molecule has 6 nitrogen and oxygen atoms in total. The third kappa shape index (κ3) is 5.19. The van der Waals surface area contributed by atoms with Crippen molar-refractivity contribution >= 4 is 11.8 Å². The predicted molar refractivity (Wildman–Crippen MR) is 97.0 cm³/mol. The molecule has 0 bridgehead atoms. The van der Waals surface area contributed by atoms with Gasteiger partial charge in [-0.1, -0.05) is 26.0 Å². The van der Waals surface area contributed by atoms with Gasteiger partial charge in [-0.3, -0.25) is 9.59 Å². The Balaban J connectivity index is 1.77. The van der Waals surface area contributed by atoms with Gasteiger partial charge in [-0.15, -0.1) is 0 Å². The molecular weight excluding hydrogens is 318 g/mol. The lowest BCUT2D eigenvalue weighted by Crippen LogP contribution is -2.50. The van der Waals surface area contributed by atoms with Crippen LogP contribution < -0.4 is 15.8 Å². The fourth-order valence-electron chi connectivity index (χ4n) is 2.93. The fourth-order valence-corrected chi connectivity index (χ4v) is 2.93. The van der Waals surface area contributed by atoms with Crippen LogP contribution in [-0.4, -0.2) is 43.0 Å². The van der Waals surface area contributed by atoms with Gasteiger partial charge in [-0.05, 0) is 36.5 Å². The molecule has 1 aliphatic heterocycles. The first-order valence-electron chi connectivity index (χ1n) is 8.87. The molecular formula is C19H29N3O3. The smallest absolute Gasteiger partial charge is 0.239 e. The SMILES string of the molecule is COc1ccc(CNC(=O)C2CCN(C(=O)[C@@H](N)C(C)C)CC2)cc1. The van der Waals surface area contributed by atoms with Gasteiger partial charge in [0.2, 0.25) is 11.8 Å². The van der Waals surface area contributed by atoms with Gasteiger partial charge < -0.3 is 20.7 Å². The fraction of sp³-hybridized carbons (Fsp3) is 0.579. The van der Waals surface area contributed by atoms with Gasteiger partial charge in [0.05, 0.1) is 13.2 Å². The normalized spacial score (nSPS) is 16.6. The zero-order valence-electron chi connectivity index (χ0n) is 15.3. The number of methoxy groups -OCH3 is 1. The second kappa shape index (κ2) is 8.85. The standard InChI is InChI=1S/C19H29N3O3/c1-13(2)17(20)19(24)22-10-8-15(9-11-22)18(23)21-12-14-4-6-16(25-3)7-5-14/h4-7,13,15,17H,8-12,20H2,1-3H3,(H,21,23)/t17-/m0/s1. The summed E-state index contributed by atoms with van der Waals surface area (Å²) < 4.78 is 5.12. The van der Waals surface area contributed by atoms with Gasteiger partial charge in [-0.2, -0.15) is 0 Å². The maximum absolute atomic E-state index is 12.3. The lowest BCUT2D eigenvalue weighted by molar-refractivity contribution is -0.137. The third-order valence-corrected chi connectivity index (χ3v) is 4.81. The zero-order chi connectivity index (χ0) is 18.4. The Hall–Kier alpha value is -2.08. The monoisotopic (exact) mass is 347 g/mol. The number of nitrogens with zero attached hydrogens (tertiary/aromatic N) is 1. The first-order valence-corrected chi connectivity index (χ1v) is 8.87. The number of nitrogens with one attached hydrogen (secondary N) is 1. The van der Waals surface area contributed by atoms with E-state index in [1.807, 2.05) is 38.1 Å². The number of ether oxygens (including phenoxy) is 1. The van der Waals surface area contributed by atoms with E-state index in [1.54, 1.807) is 12.0 Å². The van der Waals surface area contributed by atoms with Gasteiger partial charge in [0, 0.05) is 25.6 Å². The maximum atomic E-state index is 12.3. The highest BCUT2D eigenvalue weighted by Crippen LogP contribution is 2.19. The summed E-state index contributed by atoms with van der Waals surface area (Å²) in [6.45, 7) is 5.59. The number of rotatable bonds is 6. The van der Waals surface area contributed by atoms with E-state index in [4.69, 9.17) is 10.5 Å². The van der Waals surface area contributed by atoms with Gasteiger partial charge in [-0.25, -0.2) is 0 Å². The lowest BCUT2D eigenvalue weighted by Gasteiger charge is -2.33. The molecule has 0 aromatic heterocycles. The Morgan fingerprint density at radius 3 is 2.36 bits per heavy atom. The van der Waals surface area contributed by atoms with Crippen LogP contribution in [0.5, 0.6) is 5.75 Å². The molecule has 3 N–H and O–H groups in total. The molecule has 2 rings (SSSR count). The molecule has 138 valence electrons. The largest absolute Gasteiger partial charge is 0.497 e. The summed E-state index contributed by atoms with van der Waals surface area (Å²) in [5, 5.41) is 2.98. The summed E-state index contributed by atoms with van der Waals surface area (Å²) in [5.41, 5.74) is 6.97. The first kappa shape index (κ1) is 19.2. The number of likely N-dealkylation sites (tertiary alicyclic amines) is 1. The first-order chi connectivity index (χ1) is 11.9. The van der Waals surface area contributed by atoms with Crippen LogP contribution in [0.1, 0.15) is 32.3 Å². The molecule has 25 heavy (non-hydrogen) atoms. The molecule has 1 saturated heterocycles. The minimum absolute atomic E-state index is 0.00732. The summed E-state index contributed by atoms with van der Waals surface area (Å²) in [7, 11) is 1.63. The van der Waals surface area contributed by atoms with E-state index in [-0.39, 0.29) is 23.7 Å². The number of piperidine rings is 1. The van der Waals surface area contributed by atoms with E-state index < -0.39 is 6.04 Å². The van der Waals surface area contributed by atoms with Gasteiger partial charge in [0.15, 0.2) is 0 Å². The van der Waals surface area contributed by atoms with Crippen LogP contribution in [-0.2, 0) is 16.1 Å². The highest BCUT2D eigenvalue weighted by atomic mass is 16.5. The molecule has 0 unspecified atom stereocenters. The summed E-state index contributed by atoms with van der Waals surface area (Å²) in [6, 6.07) is 7.18. The highest BCUT2D eigenvalue weighted by molar-refractivity contribution is 5.83. The van der Waals surface area contributed by atoms with E-state index in [0.29, 0.717) is 32.5 Å². The summed E-state index contributed by atoms with van der Waals surface area (Å²) in [6.07, 6.45) is 1.37. The quantitative estimate of drug-likeness (QED) is 0.817. The van der Waals surface area contributed by atoms with Crippen LogP contribution >= 0.6 is 0 Å². The molecule has 1 aliphatic rings. The van der Waals surface area contributed by atoms with Crippen molar-refractivity contribution in [2.24, 2.45) is 17.6 Å². The molecule has 0 saturated carbocycles. The predicted octanol–water partition coefficient (Wildman–Crippen LogP) is 1.53. The third-order valence-electron chi connectivity index (χ3n) is 4.81. The minimum Gasteiger partial charge on any atom is -0.497 e. The number of hydrogen-bond acceptors (Lipinski definition) is 4. The summed E-state index contributed by atoms with van der Waals surface area (Å²) in [4.78, 5) is 26.4. The van der Waals surface area contributed by atoms with E-state index in [0.717, 1.165) is 11.3 Å². The van der Waals surface area contributed by atoms with E-state index >= 15 is 0 Å². The molecule has 2 amide bonds. The second-order valence-corrected chi connectivity index (χ2v) is 6.94. The Bertz CT molecular complexity index is 578. The molecule has 1 heterocycles. The molecule has 1 aromatic carbocycles. The molecule has 0 radical (unpaired) electrons. The van der Waals surface area contributed by atoms with Crippen molar-refractivity contribution in [3.63, 3.8) is 0 Å². The Labute approximate surface area is 149 Å². The van der Waals surface area contributed by atoms with Crippen molar-refractivity contribution < 1.29 is 14.3 Å². The maximum Gasteiger partial charge on any atom is 0.239 e. The van der Waals surface area contributed by atoms with Crippen molar-refractivity contribution in [1.29, 1.82) is 0 Å². The number of benzene rings is 1. The van der Waals surface area contributed by atoms with Crippen molar-refractivity contribution in [2.45, 2.75) is 39.3 Å². The van der Waals surface area contributed by atoms with Crippen molar-refractivity contribution in [3.8, 4) is 5.75 Å². The second-order valence-electron chi connectivity index (χ2n) is 6.94. The Morgan fingerprint density at radius 2 is 1.84 bits per heavy atom. The molecule has 1 aromatic rings. The molecule has 0 spiro atoms. The van der Waals surface area contributed by atoms with Crippen LogP contribution in [0.25, 0.3) is 0 Å². The number of carbonyl (C=O) groups is 2. The number of amides is 2. The number of hydrogen-bond donors (Lipinski definition) is 2. The van der Waals surface area contributed by atoms with Crippen LogP contribution in [0.3, 0.4) is 0 Å². The molecule has 1 fully saturated rings. The lowest BCUT2D eigenvalue weighted by atomic mass is 9.94. The van der Waals surface area contributed by atoms with E-state index in [1.165, 1.54) is 0 Å². The molecule has 6 heteroatoms. The van der Waals surface area contributed by atoms with E-state index in [9.17, 15) is 9.59 Å².